The molecule has 2 heterocycles. The first-order valence-corrected chi connectivity index (χ1v) is 12.7. The minimum absolute atomic E-state index is 0.280. The second-order valence-electron chi connectivity index (χ2n) is 7.57. The molecule has 160 valence electrons. The Kier molecular flexibility index (Phi) is 6.04. The molecule has 11 heteroatoms. The molecule has 0 bridgehead atoms. The van der Waals surface area contributed by atoms with Crippen molar-refractivity contribution in [2.24, 2.45) is 5.73 Å². The van der Waals surface area contributed by atoms with Crippen molar-refractivity contribution in [3.05, 3.63) is 30.6 Å². The van der Waals surface area contributed by atoms with Gasteiger partial charge in [-0.3, -0.25) is 0 Å². The van der Waals surface area contributed by atoms with Gasteiger partial charge < -0.3 is 30.7 Å². The van der Waals surface area contributed by atoms with Gasteiger partial charge in [-0.2, -0.15) is 9.97 Å². The van der Waals surface area contributed by atoms with Crippen molar-refractivity contribution < 1.29 is 9.79 Å². The number of aryl methyl sites for hydroxylation is 1. The largest absolute Gasteiger partial charge is 0.351 e. The van der Waals surface area contributed by atoms with Crippen LogP contribution < -0.4 is 21.7 Å². The number of nitrogens with two attached hydrogens (primary N) is 1. The second kappa shape index (κ2) is 8.56. The van der Waals surface area contributed by atoms with Gasteiger partial charge in [-0.15, -0.1) is 0 Å². The molecule has 0 unspecified atom stereocenters. The van der Waals surface area contributed by atoms with Crippen LogP contribution >= 0.6 is 6.49 Å². The molecule has 30 heavy (non-hydrogen) atoms. The SMILES string of the molecule is CCn1cnc2c(Nc3ccc(P(O)(O)=S)cc3)nc(NC3CCC(N)CC3)nc21. The fraction of sp³-hybridized carbons (Fsp3) is 0.421. The molecule has 1 saturated carbocycles. The van der Waals surface area contributed by atoms with E-state index in [1.165, 1.54) is 0 Å². The van der Waals surface area contributed by atoms with Crippen LogP contribution in [0.25, 0.3) is 11.2 Å². The van der Waals surface area contributed by atoms with Gasteiger partial charge in [0.15, 0.2) is 17.0 Å². The van der Waals surface area contributed by atoms with E-state index in [1.54, 1.807) is 30.6 Å². The topological polar surface area (TPSA) is 134 Å². The zero-order chi connectivity index (χ0) is 21.3. The molecule has 3 aromatic rings. The van der Waals surface area contributed by atoms with Crippen LogP contribution in [-0.2, 0) is 18.4 Å². The summed E-state index contributed by atoms with van der Waals surface area (Å²) in [5.74, 6) is 1.14. The molecule has 4 rings (SSSR count). The lowest BCUT2D eigenvalue weighted by Gasteiger charge is -2.26. The highest BCUT2D eigenvalue weighted by molar-refractivity contribution is 8.12. The minimum Gasteiger partial charge on any atom is -0.351 e. The number of benzene rings is 1. The van der Waals surface area contributed by atoms with Gasteiger partial charge in [0.05, 0.1) is 6.33 Å². The van der Waals surface area contributed by atoms with Gasteiger partial charge in [0.2, 0.25) is 12.4 Å². The summed E-state index contributed by atoms with van der Waals surface area (Å²) in [7, 11) is 0. The summed E-state index contributed by atoms with van der Waals surface area (Å²) >= 11 is 4.76. The summed E-state index contributed by atoms with van der Waals surface area (Å²) in [6.45, 7) is -0.661. The third kappa shape index (κ3) is 4.63. The number of imidazole rings is 1. The Morgan fingerprint density at radius 3 is 2.50 bits per heavy atom. The number of aromatic nitrogens is 4. The van der Waals surface area contributed by atoms with Crippen LogP contribution in [-0.4, -0.2) is 41.4 Å². The van der Waals surface area contributed by atoms with Crippen LogP contribution in [0.1, 0.15) is 32.6 Å². The summed E-state index contributed by atoms with van der Waals surface area (Å²) in [6, 6.07) is 7.27. The lowest BCUT2D eigenvalue weighted by molar-refractivity contribution is 0.410. The number of fused-ring (bicyclic) bond motifs is 1. The molecule has 6 N–H and O–H groups in total. The Morgan fingerprint density at radius 2 is 1.87 bits per heavy atom. The highest BCUT2D eigenvalue weighted by Gasteiger charge is 2.21. The maximum Gasteiger partial charge on any atom is 0.227 e. The Labute approximate surface area is 179 Å². The smallest absolute Gasteiger partial charge is 0.227 e. The molecule has 2 aromatic heterocycles. The van der Waals surface area contributed by atoms with E-state index in [9.17, 15) is 9.79 Å². The third-order valence-corrected chi connectivity index (χ3v) is 6.98. The van der Waals surface area contributed by atoms with Gasteiger partial charge >= 0.3 is 0 Å². The van der Waals surface area contributed by atoms with E-state index in [0.29, 0.717) is 28.6 Å². The molecule has 1 aliphatic carbocycles. The van der Waals surface area contributed by atoms with Crippen molar-refractivity contribution in [3.63, 3.8) is 0 Å². The fourth-order valence-corrected chi connectivity index (χ4v) is 4.55. The first-order chi connectivity index (χ1) is 14.3. The van der Waals surface area contributed by atoms with Crippen LogP contribution in [0.4, 0.5) is 17.5 Å². The van der Waals surface area contributed by atoms with Gasteiger partial charge in [0, 0.05) is 29.6 Å². The number of nitrogens with one attached hydrogen (secondary N) is 2. The number of hydrogen-bond acceptors (Lipinski definition) is 7. The predicted octanol–water partition coefficient (Wildman–Crippen LogP) is 2.19. The van der Waals surface area contributed by atoms with E-state index in [4.69, 9.17) is 22.5 Å². The summed E-state index contributed by atoms with van der Waals surface area (Å²) in [6.07, 6.45) is 5.73. The van der Waals surface area contributed by atoms with Crippen LogP contribution in [0.15, 0.2) is 30.6 Å². The third-order valence-electron chi connectivity index (χ3n) is 5.38. The second-order valence-corrected chi connectivity index (χ2v) is 10.7. The molecule has 0 amide bonds. The summed E-state index contributed by atoms with van der Waals surface area (Å²) < 4.78 is 1.97. The predicted molar refractivity (Wildman–Crippen MR) is 123 cm³/mol. The normalized spacial score (nSPS) is 19.7. The summed E-state index contributed by atoms with van der Waals surface area (Å²) in [5, 5.41) is 7.07. The molecule has 0 atom stereocenters. The minimum atomic E-state index is -3.45. The number of hydrogen-bond donors (Lipinski definition) is 5. The van der Waals surface area contributed by atoms with Crippen LogP contribution in [0, 0.1) is 0 Å². The lowest BCUT2D eigenvalue weighted by atomic mass is 9.92. The Hall–Kier alpha value is -2.10. The Morgan fingerprint density at radius 1 is 1.17 bits per heavy atom. The van der Waals surface area contributed by atoms with Crippen molar-refractivity contribution in [1.29, 1.82) is 0 Å². The first kappa shape index (κ1) is 21.1. The van der Waals surface area contributed by atoms with Gasteiger partial charge in [-0.1, -0.05) is 0 Å². The summed E-state index contributed by atoms with van der Waals surface area (Å²) in [5.41, 5.74) is 8.18. The monoisotopic (exact) mass is 447 g/mol. The fourth-order valence-electron chi connectivity index (χ4n) is 3.65. The first-order valence-electron chi connectivity index (χ1n) is 10.0. The molecule has 1 aliphatic rings. The van der Waals surface area contributed by atoms with Crippen LogP contribution in [0.5, 0.6) is 0 Å². The number of anilines is 3. The maximum atomic E-state index is 9.66. The van der Waals surface area contributed by atoms with E-state index in [-0.39, 0.29) is 6.04 Å². The van der Waals surface area contributed by atoms with E-state index < -0.39 is 6.49 Å². The average Bonchev–Trinajstić information content (AvgIpc) is 3.13. The highest BCUT2D eigenvalue weighted by atomic mass is 32.5. The van der Waals surface area contributed by atoms with Crippen LogP contribution in [0.2, 0.25) is 0 Å². The van der Waals surface area contributed by atoms with Gasteiger partial charge in [0.1, 0.15) is 0 Å². The summed E-state index contributed by atoms with van der Waals surface area (Å²) in [4.78, 5) is 33.2. The number of rotatable bonds is 6. The van der Waals surface area contributed by atoms with Crippen molar-refractivity contribution in [1.82, 2.24) is 19.5 Å². The Bertz CT molecular complexity index is 1070. The molecule has 0 aliphatic heterocycles. The van der Waals surface area contributed by atoms with E-state index >= 15 is 0 Å². The van der Waals surface area contributed by atoms with E-state index in [2.05, 4.69) is 20.6 Å². The molecule has 1 aromatic carbocycles. The lowest BCUT2D eigenvalue weighted by Crippen LogP contribution is -2.33. The molecule has 0 saturated heterocycles. The van der Waals surface area contributed by atoms with Gasteiger partial charge in [-0.25, -0.2) is 4.98 Å². The highest BCUT2D eigenvalue weighted by Crippen LogP contribution is 2.34. The van der Waals surface area contributed by atoms with Crippen molar-refractivity contribution in [2.45, 2.75) is 51.2 Å². The molecule has 0 spiro atoms. The van der Waals surface area contributed by atoms with Crippen molar-refractivity contribution in [2.75, 3.05) is 10.6 Å². The van der Waals surface area contributed by atoms with Crippen molar-refractivity contribution in [3.8, 4) is 0 Å². The standard InChI is InChI=1S/C19H26N7O2PS/c1-2-26-11-21-16-17(22-13-7-9-15(10-8-13)29(27,28)30)24-19(25-18(16)26)23-14-5-3-12(20)4-6-14/h7-12,14H,2-6,20H2,1H3,(H2,27,28,30)(H2,22,23,24,25). The number of nitrogens with zero attached hydrogens (tertiary/aromatic N) is 4. The van der Waals surface area contributed by atoms with Gasteiger partial charge in [-0.05, 0) is 68.7 Å². The zero-order valence-electron chi connectivity index (χ0n) is 16.7. The van der Waals surface area contributed by atoms with Crippen molar-refractivity contribution >= 4 is 52.2 Å². The van der Waals surface area contributed by atoms with Crippen LogP contribution in [0.3, 0.4) is 0 Å². The Balaban J connectivity index is 1.64. The molecular weight excluding hydrogens is 421 g/mol. The van der Waals surface area contributed by atoms with E-state index in [1.807, 2.05) is 11.5 Å². The quantitative estimate of drug-likeness (QED) is 0.361. The molecule has 1 fully saturated rings. The molecular formula is C19H26N7O2PS. The maximum absolute atomic E-state index is 9.66. The van der Waals surface area contributed by atoms with Gasteiger partial charge in [0.25, 0.3) is 0 Å². The average molecular weight is 448 g/mol. The van der Waals surface area contributed by atoms with E-state index in [0.717, 1.165) is 43.6 Å². The molecule has 0 radical (unpaired) electrons. The zero-order valence-corrected chi connectivity index (χ0v) is 18.4. The molecule has 9 nitrogen and oxygen atoms in total.